The maximum atomic E-state index is 12.4. The zero-order valence-corrected chi connectivity index (χ0v) is 17.2. The monoisotopic (exact) mass is 435 g/mol. The molecule has 0 aliphatic carbocycles. The Labute approximate surface area is 166 Å². The average molecular weight is 436 g/mol. The Kier molecular flexibility index (Phi) is 5.55. The van der Waals surface area contributed by atoms with Crippen LogP contribution >= 0.6 is 15.9 Å². The molecule has 0 spiro atoms. The van der Waals surface area contributed by atoms with Crippen molar-refractivity contribution in [1.82, 2.24) is 14.7 Å². The van der Waals surface area contributed by atoms with Crippen LogP contribution in [0.1, 0.15) is 42.5 Å². The van der Waals surface area contributed by atoms with Gasteiger partial charge in [0, 0.05) is 6.54 Å². The Balaban J connectivity index is 1.67. The summed E-state index contributed by atoms with van der Waals surface area (Å²) in [6, 6.07) is 9.53. The molecular weight excluding hydrogens is 414 g/mol. The van der Waals surface area contributed by atoms with E-state index in [1.54, 1.807) is 30.4 Å². The fourth-order valence-corrected chi connectivity index (χ4v) is 3.28. The molecule has 0 radical (unpaired) electrons. The largest absolute Gasteiger partial charge is 0.455 e. The zero-order chi connectivity index (χ0) is 19.6. The molecule has 1 aromatic carbocycles. The van der Waals surface area contributed by atoms with E-state index in [1.807, 2.05) is 30.3 Å². The van der Waals surface area contributed by atoms with Gasteiger partial charge in [0.1, 0.15) is 12.2 Å². The van der Waals surface area contributed by atoms with Gasteiger partial charge in [0.05, 0.1) is 23.3 Å². The first-order valence-corrected chi connectivity index (χ1v) is 9.48. The van der Waals surface area contributed by atoms with Crippen LogP contribution in [0.5, 0.6) is 0 Å². The van der Waals surface area contributed by atoms with Crippen LogP contribution in [0, 0.1) is 0 Å². The third kappa shape index (κ3) is 4.68. The Hall–Kier alpha value is -2.35. The van der Waals surface area contributed by atoms with Crippen molar-refractivity contribution in [3.63, 3.8) is 0 Å². The van der Waals surface area contributed by atoms with E-state index in [2.05, 4.69) is 21.0 Å². The molecule has 27 heavy (non-hydrogen) atoms. The molecule has 2 heterocycles. The fourth-order valence-electron chi connectivity index (χ4n) is 2.71. The molecule has 0 bridgehead atoms. The molecule has 0 fully saturated rings. The predicted molar refractivity (Wildman–Crippen MR) is 102 cm³/mol. The summed E-state index contributed by atoms with van der Waals surface area (Å²) in [4.78, 5) is 26.3. The highest BCUT2D eigenvalue weighted by Gasteiger charge is 2.30. The summed E-state index contributed by atoms with van der Waals surface area (Å²) < 4.78 is 13.1. The number of amides is 1. The van der Waals surface area contributed by atoms with Crippen LogP contribution in [0.2, 0.25) is 0 Å². The average Bonchev–Trinajstić information content (AvgIpc) is 2.95. The molecule has 0 saturated carbocycles. The lowest BCUT2D eigenvalue weighted by Crippen LogP contribution is -2.38. The van der Waals surface area contributed by atoms with Gasteiger partial charge in [0.15, 0.2) is 5.69 Å². The number of rotatable bonds is 3. The molecule has 1 aliphatic heterocycles. The number of carbonyl (C=O) groups excluding carboxylic acids is 2. The lowest BCUT2D eigenvalue weighted by molar-refractivity contribution is 0.00606. The highest BCUT2D eigenvalue weighted by molar-refractivity contribution is 9.10. The van der Waals surface area contributed by atoms with Crippen LogP contribution in [0.25, 0.3) is 0 Å². The minimum absolute atomic E-state index is 0.222. The van der Waals surface area contributed by atoms with Crippen molar-refractivity contribution in [3.05, 3.63) is 51.8 Å². The van der Waals surface area contributed by atoms with Gasteiger partial charge in [-0.05, 0) is 42.3 Å². The van der Waals surface area contributed by atoms with E-state index >= 15 is 0 Å². The first-order valence-electron chi connectivity index (χ1n) is 8.69. The van der Waals surface area contributed by atoms with Gasteiger partial charge in [-0.3, -0.25) is 4.68 Å². The van der Waals surface area contributed by atoms with Gasteiger partial charge in [0.25, 0.3) is 0 Å². The summed E-state index contributed by atoms with van der Waals surface area (Å²) in [5.41, 5.74) is 1.30. The van der Waals surface area contributed by atoms with Gasteiger partial charge in [-0.15, -0.1) is 0 Å². The molecule has 0 N–H and O–H groups in total. The SMILES string of the molecule is CC(C)(C)OC(=O)c1nn2c(c1Br)CN(C(=O)OCc1ccccc1)CC2. The summed E-state index contributed by atoms with van der Waals surface area (Å²) in [7, 11) is 0. The second-order valence-electron chi connectivity index (χ2n) is 7.30. The van der Waals surface area contributed by atoms with Gasteiger partial charge in [-0.2, -0.15) is 5.10 Å². The first kappa shape index (κ1) is 19.4. The number of carbonyl (C=O) groups is 2. The van der Waals surface area contributed by atoms with E-state index in [-0.39, 0.29) is 12.3 Å². The lowest BCUT2D eigenvalue weighted by Gasteiger charge is -2.27. The number of benzene rings is 1. The zero-order valence-electron chi connectivity index (χ0n) is 15.6. The van der Waals surface area contributed by atoms with Gasteiger partial charge in [-0.1, -0.05) is 30.3 Å². The Morgan fingerprint density at radius 2 is 1.89 bits per heavy atom. The minimum Gasteiger partial charge on any atom is -0.455 e. The lowest BCUT2D eigenvalue weighted by atomic mass is 10.2. The Morgan fingerprint density at radius 1 is 1.19 bits per heavy atom. The van der Waals surface area contributed by atoms with E-state index in [0.29, 0.717) is 24.1 Å². The highest BCUT2D eigenvalue weighted by Crippen LogP contribution is 2.27. The molecule has 1 aliphatic rings. The third-order valence-electron chi connectivity index (χ3n) is 3.97. The van der Waals surface area contributed by atoms with E-state index in [0.717, 1.165) is 11.3 Å². The molecule has 144 valence electrons. The quantitative estimate of drug-likeness (QED) is 0.686. The summed E-state index contributed by atoms with van der Waals surface area (Å²) >= 11 is 3.43. The van der Waals surface area contributed by atoms with Crippen LogP contribution in [0.4, 0.5) is 4.79 Å². The molecule has 0 unspecified atom stereocenters. The van der Waals surface area contributed by atoms with Crippen LogP contribution < -0.4 is 0 Å². The van der Waals surface area contributed by atoms with E-state index in [4.69, 9.17) is 9.47 Å². The molecule has 0 saturated heterocycles. The number of nitrogens with zero attached hydrogens (tertiary/aromatic N) is 3. The fraction of sp³-hybridized carbons (Fsp3) is 0.421. The number of aromatic nitrogens is 2. The van der Waals surface area contributed by atoms with Crippen molar-refractivity contribution < 1.29 is 19.1 Å². The minimum atomic E-state index is -0.603. The van der Waals surface area contributed by atoms with Crippen molar-refractivity contribution in [3.8, 4) is 0 Å². The van der Waals surface area contributed by atoms with Crippen LogP contribution in [0.15, 0.2) is 34.8 Å². The van der Waals surface area contributed by atoms with Crippen molar-refractivity contribution in [2.45, 2.75) is 46.1 Å². The highest BCUT2D eigenvalue weighted by atomic mass is 79.9. The molecule has 8 heteroatoms. The van der Waals surface area contributed by atoms with Crippen molar-refractivity contribution in [2.24, 2.45) is 0 Å². The maximum Gasteiger partial charge on any atom is 0.410 e. The second kappa shape index (κ2) is 7.72. The summed E-state index contributed by atoms with van der Waals surface area (Å²) in [5.74, 6) is -0.491. The number of fused-ring (bicyclic) bond motifs is 1. The summed E-state index contributed by atoms with van der Waals surface area (Å²) in [6.07, 6.45) is -0.392. The number of ether oxygens (including phenoxy) is 2. The second-order valence-corrected chi connectivity index (χ2v) is 8.09. The standard InChI is InChI=1S/C19H22BrN3O4/c1-19(2,3)27-17(24)16-15(20)14-11-22(9-10-23(14)21-16)18(25)26-12-13-7-5-4-6-8-13/h4-8H,9-12H2,1-3H3. The van der Waals surface area contributed by atoms with E-state index < -0.39 is 17.7 Å². The third-order valence-corrected chi connectivity index (χ3v) is 4.80. The van der Waals surface area contributed by atoms with Gasteiger partial charge >= 0.3 is 12.1 Å². The van der Waals surface area contributed by atoms with Crippen molar-refractivity contribution >= 4 is 28.0 Å². The number of hydrogen-bond acceptors (Lipinski definition) is 5. The predicted octanol–water partition coefficient (Wildman–Crippen LogP) is 3.75. The summed E-state index contributed by atoms with van der Waals surface area (Å²) in [6.45, 7) is 6.89. The topological polar surface area (TPSA) is 73.7 Å². The van der Waals surface area contributed by atoms with Gasteiger partial charge in [0.2, 0.25) is 0 Å². The van der Waals surface area contributed by atoms with E-state index in [1.165, 1.54) is 0 Å². The molecule has 0 atom stereocenters. The van der Waals surface area contributed by atoms with Crippen molar-refractivity contribution in [2.75, 3.05) is 6.54 Å². The van der Waals surface area contributed by atoms with Crippen molar-refractivity contribution in [1.29, 1.82) is 0 Å². The van der Waals surface area contributed by atoms with Crippen LogP contribution in [-0.4, -0.2) is 38.9 Å². The molecular formula is C19H22BrN3O4. The molecule has 3 rings (SSSR count). The first-order chi connectivity index (χ1) is 12.7. The number of halogens is 1. The molecule has 1 aromatic heterocycles. The molecule has 1 amide bonds. The van der Waals surface area contributed by atoms with Gasteiger partial charge in [-0.25, -0.2) is 9.59 Å². The van der Waals surface area contributed by atoms with E-state index in [9.17, 15) is 9.59 Å². The normalized spacial score (nSPS) is 13.9. The Morgan fingerprint density at radius 3 is 2.56 bits per heavy atom. The van der Waals surface area contributed by atoms with Crippen LogP contribution in [0.3, 0.4) is 0 Å². The smallest absolute Gasteiger partial charge is 0.410 e. The number of esters is 1. The molecule has 7 nitrogen and oxygen atoms in total. The van der Waals surface area contributed by atoms with Gasteiger partial charge < -0.3 is 14.4 Å². The maximum absolute atomic E-state index is 12.4. The number of hydrogen-bond donors (Lipinski definition) is 0. The Bertz CT molecular complexity index is 843. The molecule has 2 aromatic rings. The summed E-state index contributed by atoms with van der Waals surface area (Å²) in [5, 5.41) is 4.34. The van der Waals surface area contributed by atoms with Crippen LogP contribution in [-0.2, 0) is 29.2 Å².